The van der Waals surface area contributed by atoms with Crippen molar-refractivity contribution in [3.63, 3.8) is 0 Å². The zero-order valence-electron chi connectivity index (χ0n) is 14.2. The average Bonchev–Trinajstić information content (AvgIpc) is 3.15. The topological polar surface area (TPSA) is 51.0 Å². The molecule has 0 N–H and O–H groups in total. The van der Waals surface area contributed by atoms with Crippen LogP contribution in [0.1, 0.15) is 18.5 Å². The SMILES string of the molecule is C[C@@H](c1ccccc1)N(C)C(=O)CSc1ncn(-c2ccccc2)n1. The van der Waals surface area contributed by atoms with Crippen molar-refractivity contribution in [3.05, 3.63) is 72.6 Å². The van der Waals surface area contributed by atoms with Crippen LogP contribution in [0.25, 0.3) is 5.69 Å². The molecule has 3 aromatic rings. The van der Waals surface area contributed by atoms with Crippen LogP contribution in [0.3, 0.4) is 0 Å². The first kappa shape index (κ1) is 17.2. The fourth-order valence-electron chi connectivity index (χ4n) is 2.42. The molecule has 0 fully saturated rings. The first-order valence-corrected chi connectivity index (χ1v) is 9.04. The van der Waals surface area contributed by atoms with Crippen LogP contribution in [-0.2, 0) is 4.79 Å². The van der Waals surface area contributed by atoms with E-state index >= 15 is 0 Å². The van der Waals surface area contributed by atoms with Crippen LogP contribution < -0.4 is 0 Å². The third-order valence-electron chi connectivity index (χ3n) is 4.07. The average molecular weight is 352 g/mol. The third kappa shape index (κ3) is 4.28. The molecule has 1 heterocycles. The van der Waals surface area contributed by atoms with Crippen molar-refractivity contribution in [2.24, 2.45) is 0 Å². The zero-order valence-corrected chi connectivity index (χ0v) is 15.1. The van der Waals surface area contributed by atoms with Gasteiger partial charge in [0, 0.05) is 7.05 Å². The zero-order chi connectivity index (χ0) is 17.6. The highest BCUT2D eigenvalue weighted by Gasteiger charge is 2.18. The van der Waals surface area contributed by atoms with E-state index in [1.165, 1.54) is 11.8 Å². The molecule has 1 amide bonds. The van der Waals surface area contributed by atoms with Gasteiger partial charge < -0.3 is 4.90 Å². The molecule has 0 saturated carbocycles. The first-order valence-electron chi connectivity index (χ1n) is 8.05. The van der Waals surface area contributed by atoms with Gasteiger partial charge in [-0.05, 0) is 24.6 Å². The Balaban J connectivity index is 1.58. The summed E-state index contributed by atoms with van der Waals surface area (Å²) in [7, 11) is 1.83. The van der Waals surface area contributed by atoms with Crippen molar-refractivity contribution in [2.45, 2.75) is 18.1 Å². The molecule has 0 aliphatic rings. The monoisotopic (exact) mass is 352 g/mol. The van der Waals surface area contributed by atoms with Crippen LogP contribution in [0.2, 0.25) is 0 Å². The lowest BCUT2D eigenvalue weighted by molar-refractivity contribution is -0.128. The third-order valence-corrected chi connectivity index (χ3v) is 4.91. The van der Waals surface area contributed by atoms with E-state index in [2.05, 4.69) is 10.1 Å². The lowest BCUT2D eigenvalue weighted by atomic mass is 10.1. The van der Waals surface area contributed by atoms with E-state index in [0.29, 0.717) is 10.9 Å². The molecule has 0 spiro atoms. The molecule has 128 valence electrons. The Morgan fingerprint density at radius 1 is 1.12 bits per heavy atom. The van der Waals surface area contributed by atoms with Gasteiger partial charge in [0.2, 0.25) is 11.1 Å². The van der Waals surface area contributed by atoms with Crippen LogP contribution in [0.15, 0.2) is 72.1 Å². The van der Waals surface area contributed by atoms with Gasteiger partial charge in [0.05, 0.1) is 17.5 Å². The standard InChI is InChI=1S/C19H20N4OS/c1-15(16-9-5-3-6-10-16)22(2)18(24)13-25-19-20-14-23(21-19)17-11-7-4-8-12-17/h3-12,14-15H,13H2,1-2H3/t15-/m0/s1. The molecule has 0 bridgehead atoms. The molecule has 0 aliphatic heterocycles. The number of hydrogen-bond acceptors (Lipinski definition) is 4. The highest BCUT2D eigenvalue weighted by molar-refractivity contribution is 7.99. The van der Waals surface area contributed by atoms with Gasteiger partial charge in [-0.1, -0.05) is 60.3 Å². The Morgan fingerprint density at radius 3 is 2.44 bits per heavy atom. The number of rotatable bonds is 6. The molecular weight excluding hydrogens is 332 g/mol. The van der Waals surface area contributed by atoms with Crippen LogP contribution in [0.4, 0.5) is 0 Å². The van der Waals surface area contributed by atoms with E-state index in [1.54, 1.807) is 15.9 Å². The summed E-state index contributed by atoms with van der Waals surface area (Å²) in [4.78, 5) is 18.5. The van der Waals surface area contributed by atoms with E-state index in [0.717, 1.165) is 11.3 Å². The summed E-state index contributed by atoms with van der Waals surface area (Å²) in [6, 6.07) is 19.8. The maximum absolute atomic E-state index is 12.5. The summed E-state index contributed by atoms with van der Waals surface area (Å²) < 4.78 is 1.71. The fourth-order valence-corrected chi connectivity index (χ4v) is 3.14. The van der Waals surface area contributed by atoms with Crippen LogP contribution >= 0.6 is 11.8 Å². The van der Waals surface area contributed by atoms with Crippen molar-refractivity contribution in [1.29, 1.82) is 0 Å². The maximum Gasteiger partial charge on any atom is 0.233 e. The smallest absolute Gasteiger partial charge is 0.233 e. The number of hydrogen-bond donors (Lipinski definition) is 0. The van der Waals surface area contributed by atoms with Crippen molar-refractivity contribution in [1.82, 2.24) is 19.7 Å². The van der Waals surface area contributed by atoms with Crippen molar-refractivity contribution < 1.29 is 4.79 Å². The molecule has 25 heavy (non-hydrogen) atoms. The second kappa shape index (κ2) is 7.98. The molecule has 1 aromatic heterocycles. The molecule has 3 rings (SSSR count). The quantitative estimate of drug-likeness (QED) is 0.636. The van der Waals surface area contributed by atoms with Crippen molar-refractivity contribution in [2.75, 3.05) is 12.8 Å². The summed E-state index contributed by atoms with van der Waals surface area (Å²) in [6.07, 6.45) is 1.67. The summed E-state index contributed by atoms with van der Waals surface area (Å²) in [6.45, 7) is 2.03. The van der Waals surface area contributed by atoms with Gasteiger partial charge in [-0.2, -0.15) is 0 Å². The Hall–Kier alpha value is -2.60. The second-order valence-corrected chi connectivity index (χ2v) is 6.63. The minimum atomic E-state index is 0.0316. The molecule has 6 heteroatoms. The predicted octanol–water partition coefficient (Wildman–Crippen LogP) is 3.58. The summed E-state index contributed by atoms with van der Waals surface area (Å²) >= 11 is 1.35. The first-order chi connectivity index (χ1) is 12.1. The molecule has 0 unspecified atom stereocenters. The van der Waals surface area contributed by atoms with Gasteiger partial charge in [-0.15, -0.1) is 5.10 Å². The Morgan fingerprint density at radius 2 is 1.76 bits per heavy atom. The number of amides is 1. The molecular formula is C19H20N4OS. The van der Waals surface area contributed by atoms with Gasteiger partial charge in [-0.3, -0.25) is 4.79 Å². The second-order valence-electron chi connectivity index (χ2n) is 5.69. The van der Waals surface area contributed by atoms with E-state index in [9.17, 15) is 4.79 Å². The molecule has 1 atom stereocenters. The van der Waals surface area contributed by atoms with Gasteiger partial charge in [0.1, 0.15) is 6.33 Å². The Bertz CT molecular complexity index is 820. The summed E-state index contributed by atoms with van der Waals surface area (Å²) in [5.74, 6) is 0.365. The highest BCUT2D eigenvalue weighted by atomic mass is 32.2. The number of thioether (sulfide) groups is 1. The van der Waals surface area contributed by atoms with Crippen LogP contribution in [0.5, 0.6) is 0 Å². The summed E-state index contributed by atoms with van der Waals surface area (Å²) in [5, 5.41) is 5.01. The number of carbonyl (C=O) groups excluding carboxylic acids is 1. The minimum Gasteiger partial charge on any atom is -0.338 e. The number of benzene rings is 2. The largest absolute Gasteiger partial charge is 0.338 e. The van der Waals surface area contributed by atoms with E-state index in [-0.39, 0.29) is 11.9 Å². The minimum absolute atomic E-state index is 0.0316. The Labute approximate surface area is 151 Å². The number of aromatic nitrogens is 3. The normalized spacial score (nSPS) is 11.9. The number of carbonyl (C=O) groups is 1. The van der Waals surface area contributed by atoms with Crippen molar-refractivity contribution in [3.8, 4) is 5.69 Å². The highest BCUT2D eigenvalue weighted by Crippen LogP contribution is 2.21. The van der Waals surface area contributed by atoms with Gasteiger partial charge in [-0.25, -0.2) is 9.67 Å². The predicted molar refractivity (Wildman–Crippen MR) is 99.7 cm³/mol. The van der Waals surface area contributed by atoms with Crippen molar-refractivity contribution >= 4 is 17.7 Å². The molecule has 0 saturated heterocycles. The van der Waals surface area contributed by atoms with Crippen LogP contribution in [0, 0.1) is 0 Å². The lowest BCUT2D eigenvalue weighted by Gasteiger charge is -2.25. The fraction of sp³-hybridized carbons (Fsp3) is 0.211. The Kier molecular flexibility index (Phi) is 5.50. The number of para-hydroxylation sites is 1. The van der Waals surface area contributed by atoms with Gasteiger partial charge >= 0.3 is 0 Å². The maximum atomic E-state index is 12.5. The molecule has 5 nitrogen and oxygen atoms in total. The van der Waals surface area contributed by atoms with E-state index < -0.39 is 0 Å². The van der Waals surface area contributed by atoms with Gasteiger partial charge in [0.15, 0.2) is 0 Å². The molecule has 2 aromatic carbocycles. The van der Waals surface area contributed by atoms with E-state index in [1.807, 2.05) is 74.6 Å². The van der Waals surface area contributed by atoms with E-state index in [4.69, 9.17) is 0 Å². The number of nitrogens with zero attached hydrogens (tertiary/aromatic N) is 4. The lowest BCUT2D eigenvalue weighted by Crippen LogP contribution is -2.31. The van der Waals surface area contributed by atoms with Gasteiger partial charge in [0.25, 0.3) is 0 Å². The molecule has 0 aliphatic carbocycles. The molecule has 0 radical (unpaired) electrons. The van der Waals surface area contributed by atoms with Crippen LogP contribution in [-0.4, -0.2) is 38.4 Å². The summed E-state index contributed by atoms with van der Waals surface area (Å²) in [5.41, 5.74) is 2.07.